The second kappa shape index (κ2) is 8.90. The zero-order valence-corrected chi connectivity index (χ0v) is 17.1. The molecule has 1 aliphatic heterocycles. The van der Waals surface area contributed by atoms with Crippen LogP contribution in [0.4, 0.5) is 4.79 Å². The molecule has 6 nitrogen and oxygen atoms in total. The molecule has 1 heterocycles. The van der Waals surface area contributed by atoms with Crippen molar-refractivity contribution in [3.8, 4) is 0 Å². The van der Waals surface area contributed by atoms with Gasteiger partial charge in [-0.05, 0) is 43.5 Å². The van der Waals surface area contributed by atoms with Gasteiger partial charge in [0, 0.05) is 37.3 Å². The van der Waals surface area contributed by atoms with E-state index in [1.807, 2.05) is 26.0 Å². The van der Waals surface area contributed by atoms with Crippen LogP contribution < -0.4 is 0 Å². The summed E-state index contributed by atoms with van der Waals surface area (Å²) in [7, 11) is 1.35. The average Bonchev–Trinajstić information content (AvgIpc) is 3.00. The number of rotatable bonds is 3. The molecule has 0 saturated carbocycles. The van der Waals surface area contributed by atoms with Crippen LogP contribution in [-0.4, -0.2) is 60.9 Å². The van der Waals surface area contributed by atoms with E-state index in [2.05, 4.69) is 0 Å². The van der Waals surface area contributed by atoms with E-state index in [0.717, 1.165) is 11.1 Å². The van der Waals surface area contributed by atoms with Crippen molar-refractivity contribution in [3.63, 3.8) is 0 Å². The molecule has 2 aromatic rings. The maximum atomic E-state index is 13.2. The van der Waals surface area contributed by atoms with E-state index >= 15 is 0 Å². The molecule has 29 heavy (non-hydrogen) atoms. The maximum absolute atomic E-state index is 13.2. The molecule has 0 N–H and O–H groups in total. The zero-order chi connectivity index (χ0) is 21.0. The fourth-order valence-corrected chi connectivity index (χ4v) is 3.51. The third-order valence-corrected chi connectivity index (χ3v) is 5.39. The lowest BCUT2D eigenvalue weighted by atomic mass is 9.95. The van der Waals surface area contributed by atoms with Crippen LogP contribution in [0.15, 0.2) is 42.5 Å². The predicted molar refractivity (Wildman–Crippen MR) is 110 cm³/mol. The number of carbonyl (C=O) groups is 3. The van der Waals surface area contributed by atoms with Gasteiger partial charge in [0.15, 0.2) is 5.78 Å². The molecule has 0 atom stereocenters. The Labute approximate surface area is 171 Å². The Kier molecular flexibility index (Phi) is 6.32. The van der Waals surface area contributed by atoms with Crippen LogP contribution in [0.25, 0.3) is 0 Å². The second-order valence-electron chi connectivity index (χ2n) is 7.28. The summed E-state index contributed by atoms with van der Waals surface area (Å²) in [5, 5.41) is 0. The minimum absolute atomic E-state index is 0.164. The van der Waals surface area contributed by atoms with Gasteiger partial charge in [0.05, 0.1) is 12.7 Å². The van der Waals surface area contributed by atoms with Crippen molar-refractivity contribution in [1.29, 1.82) is 0 Å². The smallest absolute Gasteiger partial charge is 0.409 e. The first kappa shape index (κ1) is 20.6. The predicted octanol–water partition coefficient (Wildman–Crippen LogP) is 3.45. The summed E-state index contributed by atoms with van der Waals surface area (Å²) in [6.07, 6.45) is 0.276. The summed E-state index contributed by atoms with van der Waals surface area (Å²) in [4.78, 5) is 41.4. The number of carbonyl (C=O) groups excluding carboxylic acids is 3. The highest BCUT2D eigenvalue weighted by molar-refractivity contribution is 6.15. The molecule has 1 saturated heterocycles. The van der Waals surface area contributed by atoms with E-state index < -0.39 is 0 Å². The van der Waals surface area contributed by atoms with Gasteiger partial charge in [-0.2, -0.15) is 0 Å². The Bertz CT molecular complexity index is 938. The van der Waals surface area contributed by atoms with Crippen molar-refractivity contribution < 1.29 is 19.1 Å². The molecule has 152 valence electrons. The number of amides is 2. The molecule has 0 bridgehead atoms. The number of hydrogen-bond acceptors (Lipinski definition) is 4. The first-order valence-corrected chi connectivity index (χ1v) is 9.75. The minimum Gasteiger partial charge on any atom is -0.453 e. The van der Waals surface area contributed by atoms with Gasteiger partial charge < -0.3 is 14.5 Å². The largest absolute Gasteiger partial charge is 0.453 e. The van der Waals surface area contributed by atoms with Gasteiger partial charge in [-0.3, -0.25) is 9.59 Å². The molecule has 0 aliphatic carbocycles. The van der Waals surface area contributed by atoms with Crippen LogP contribution in [0.2, 0.25) is 0 Å². The lowest BCUT2D eigenvalue weighted by Crippen LogP contribution is -2.37. The highest BCUT2D eigenvalue weighted by atomic mass is 16.5. The Hall–Kier alpha value is -3.15. The molecule has 0 aromatic heterocycles. The van der Waals surface area contributed by atoms with E-state index in [1.54, 1.807) is 40.1 Å². The highest BCUT2D eigenvalue weighted by Gasteiger charge is 2.26. The first-order valence-electron chi connectivity index (χ1n) is 9.75. The lowest BCUT2D eigenvalue weighted by Gasteiger charge is -2.22. The molecule has 2 amide bonds. The van der Waals surface area contributed by atoms with Gasteiger partial charge in [0.2, 0.25) is 0 Å². The first-order chi connectivity index (χ1) is 13.9. The number of ketones is 1. The molecule has 3 rings (SSSR count). The normalized spacial score (nSPS) is 14.3. The summed E-state index contributed by atoms with van der Waals surface area (Å²) < 4.78 is 4.78. The van der Waals surface area contributed by atoms with Crippen LogP contribution in [0, 0.1) is 13.8 Å². The minimum atomic E-state index is -0.385. The Balaban J connectivity index is 1.84. The van der Waals surface area contributed by atoms with Gasteiger partial charge in [-0.1, -0.05) is 30.3 Å². The highest BCUT2D eigenvalue weighted by Crippen LogP contribution is 2.19. The van der Waals surface area contributed by atoms with E-state index in [1.165, 1.54) is 7.11 Å². The van der Waals surface area contributed by atoms with Crippen LogP contribution >= 0.6 is 0 Å². The van der Waals surface area contributed by atoms with Crippen molar-refractivity contribution in [2.45, 2.75) is 20.3 Å². The standard InChI is InChI=1S/C23H26N2O4/c1-16-9-10-18(15-17(16)2)21(26)19-7-4-5-8-20(19)22(27)24-11-6-12-25(14-13-24)23(28)29-3/h4-5,7-10,15H,6,11-14H2,1-3H3. The van der Waals surface area contributed by atoms with Crippen molar-refractivity contribution in [3.05, 3.63) is 70.3 Å². The third kappa shape index (κ3) is 4.47. The van der Waals surface area contributed by atoms with E-state index in [9.17, 15) is 14.4 Å². The lowest BCUT2D eigenvalue weighted by molar-refractivity contribution is 0.0753. The SMILES string of the molecule is COC(=O)N1CCCN(C(=O)c2ccccc2C(=O)c2ccc(C)c(C)c2)CC1. The van der Waals surface area contributed by atoms with Crippen molar-refractivity contribution >= 4 is 17.8 Å². The summed E-state index contributed by atoms with van der Waals surface area (Å²) >= 11 is 0. The van der Waals surface area contributed by atoms with Gasteiger partial charge in [0.1, 0.15) is 0 Å². The number of methoxy groups -OCH3 is 1. The van der Waals surface area contributed by atoms with E-state index in [-0.39, 0.29) is 17.8 Å². The van der Waals surface area contributed by atoms with Gasteiger partial charge in [-0.15, -0.1) is 0 Å². The molecule has 1 aliphatic rings. The van der Waals surface area contributed by atoms with Crippen molar-refractivity contribution in [1.82, 2.24) is 9.80 Å². The van der Waals surface area contributed by atoms with Crippen LogP contribution in [0.3, 0.4) is 0 Å². The third-order valence-electron chi connectivity index (χ3n) is 5.39. The molecule has 1 fully saturated rings. The van der Waals surface area contributed by atoms with Crippen LogP contribution in [-0.2, 0) is 4.74 Å². The summed E-state index contributed by atoms with van der Waals surface area (Å²) in [6, 6.07) is 12.5. The molecule has 2 aromatic carbocycles. The zero-order valence-electron chi connectivity index (χ0n) is 17.1. The van der Waals surface area contributed by atoms with Crippen molar-refractivity contribution in [2.75, 3.05) is 33.3 Å². The topological polar surface area (TPSA) is 66.9 Å². The fourth-order valence-electron chi connectivity index (χ4n) is 3.51. The maximum Gasteiger partial charge on any atom is 0.409 e. The number of nitrogens with zero attached hydrogens (tertiary/aromatic N) is 2. The average molecular weight is 394 g/mol. The Morgan fingerprint density at radius 1 is 0.828 bits per heavy atom. The van der Waals surface area contributed by atoms with Crippen LogP contribution in [0.5, 0.6) is 0 Å². The summed E-state index contributed by atoms with van der Waals surface area (Å²) in [6.45, 7) is 5.84. The van der Waals surface area contributed by atoms with Crippen molar-refractivity contribution in [2.24, 2.45) is 0 Å². The van der Waals surface area contributed by atoms with E-state index in [0.29, 0.717) is 49.3 Å². The number of benzene rings is 2. The number of ether oxygens (including phenoxy) is 1. The quantitative estimate of drug-likeness (QED) is 0.748. The Morgan fingerprint density at radius 3 is 2.17 bits per heavy atom. The molecule has 0 spiro atoms. The summed E-state index contributed by atoms with van der Waals surface area (Å²) in [5.41, 5.74) is 3.51. The fraction of sp³-hybridized carbons (Fsp3) is 0.348. The molecule has 6 heteroatoms. The second-order valence-corrected chi connectivity index (χ2v) is 7.28. The van der Waals surface area contributed by atoms with Gasteiger partial charge >= 0.3 is 6.09 Å². The molecule has 0 unspecified atom stereocenters. The number of hydrogen-bond donors (Lipinski definition) is 0. The van der Waals surface area contributed by atoms with Gasteiger partial charge in [0.25, 0.3) is 5.91 Å². The summed E-state index contributed by atoms with van der Waals surface area (Å²) in [5.74, 6) is -0.354. The Morgan fingerprint density at radius 2 is 1.48 bits per heavy atom. The number of aryl methyl sites for hydroxylation is 2. The molecule has 0 radical (unpaired) electrons. The monoisotopic (exact) mass is 394 g/mol. The molecular weight excluding hydrogens is 368 g/mol. The van der Waals surface area contributed by atoms with Crippen LogP contribution in [0.1, 0.15) is 43.8 Å². The van der Waals surface area contributed by atoms with E-state index in [4.69, 9.17) is 4.74 Å². The molecular formula is C23H26N2O4. The van der Waals surface area contributed by atoms with Gasteiger partial charge in [-0.25, -0.2) is 4.79 Å².